The number of benzene rings is 2. The number of rotatable bonds is 9. The lowest BCUT2D eigenvalue weighted by atomic mass is 10.2. The van der Waals surface area contributed by atoms with Crippen LogP contribution < -0.4 is 10.2 Å². The topological polar surface area (TPSA) is 95.1 Å². The van der Waals surface area contributed by atoms with E-state index >= 15 is 0 Å². The molecule has 1 unspecified atom stereocenters. The largest absolute Gasteiger partial charge is 0.377 e. The number of anilines is 1. The van der Waals surface area contributed by atoms with Crippen molar-refractivity contribution in [3.05, 3.63) is 53.1 Å². The number of nitrogens with zero attached hydrogens (tertiary/aromatic N) is 4. The Balaban J connectivity index is 1.07. The average Bonchev–Trinajstić information content (AvgIpc) is 3.60. The normalized spacial score (nSPS) is 18.9. The molecule has 9 nitrogen and oxygen atoms in total. The summed E-state index contributed by atoms with van der Waals surface area (Å²) in [7, 11) is -2.07. The van der Waals surface area contributed by atoms with Gasteiger partial charge in [-0.25, -0.2) is 13.4 Å². The Kier molecular flexibility index (Phi) is 8.51. The lowest BCUT2D eigenvalue weighted by Gasteiger charge is -2.34. The second-order valence-corrected chi connectivity index (χ2v) is 13.1. The molecular weight excluding hydrogens is 546 g/mol. The van der Waals surface area contributed by atoms with E-state index < -0.39 is 10.0 Å². The van der Waals surface area contributed by atoms with Gasteiger partial charge >= 0.3 is 0 Å². The van der Waals surface area contributed by atoms with Gasteiger partial charge in [0.25, 0.3) is 5.91 Å². The van der Waals surface area contributed by atoms with Crippen LogP contribution in [0.2, 0.25) is 5.02 Å². The van der Waals surface area contributed by atoms with Crippen LogP contribution in [0.3, 0.4) is 0 Å². The number of piperazine rings is 1. The van der Waals surface area contributed by atoms with Gasteiger partial charge in [0.15, 0.2) is 5.13 Å². The van der Waals surface area contributed by atoms with Crippen LogP contribution in [0.5, 0.6) is 0 Å². The number of likely N-dealkylation sites (N-methyl/N-ethyl adjacent to an activating group) is 1. The minimum Gasteiger partial charge on any atom is -0.377 e. The molecular formula is C26H32ClN5O4S2. The molecule has 2 aliphatic heterocycles. The van der Waals surface area contributed by atoms with E-state index in [1.54, 1.807) is 30.5 Å². The maximum atomic E-state index is 12.9. The number of ether oxygens (including phenoxy) is 1. The first-order chi connectivity index (χ1) is 18.3. The van der Waals surface area contributed by atoms with E-state index in [4.69, 9.17) is 21.3 Å². The fraction of sp³-hybridized carbons (Fsp3) is 0.462. The highest BCUT2D eigenvalue weighted by Gasteiger charge is 2.26. The van der Waals surface area contributed by atoms with E-state index in [0.717, 1.165) is 60.9 Å². The van der Waals surface area contributed by atoms with Crippen LogP contribution in [0.15, 0.2) is 47.4 Å². The zero-order valence-electron chi connectivity index (χ0n) is 21.3. The molecule has 0 spiro atoms. The van der Waals surface area contributed by atoms with Crippen molar-refractivity contribution in [3.8, 4) is 0 Å². The quantitative estimate of drug-likeness (QED) is 0.417. The lowest BCUT2D eigenvalue weighted by Crippen LogP contribution is -2.48. The number of hydrogen-bond acceptors (Lipinski definition) is 8. The summed E-state index contributed by atoms with van der Waals surface area (Å²) in [6, 6.07) is 12.0. The maximum Gasteiger partial charge on any atom is 0.251 e. The van der Waals surface area contributed by atoms with E-state index in [0.29, 0.717) is 30.3 Å². The van der Waals surface area contributed by atoms with Crippen molar-refractivity contribution in [2.24, 2.45) is 0 Å². The molecule has 3 heterocycles. The molecule has 0 aliphatic carbocycles. The number of nitrogens with one attached hydrogen (secondary N) is 1. The van der Waals surface area contributed by atoms with Crippen molar-refractivity contribution in [2.45, 2.75) is 23.8 Å². The number of thiazole rings is 1. The van der Waals surface area contributed by atoms with Crippen LogP contribution in [0, 0.1) is 0 Å². The standard InChI is InChI=1S/C26H32ClN5O4S2/c1-30(18-20-4-3-17-36-20)38(34,35)21-9-7-19(8-10-21)25(33)28-11-12-31-13-15-32(16-14-31)26-29-24-22(27)5-2-6-23(24)37-26/h2,5-10,20H,3-4,11-18H2,1H3,(H,28,33). The van der Waals surface area contributed by atoms with E-state index in [1.165, 1.54) is 16.4 Å². The average molecular weight is 578 g/mol. The monoisotopic (exact) mass is 577 g/mol. The molecule has 38 heavy (non-hydrogen) atoms. The summed E-state index contributed by atoms with van der Waals surface area (Å²) in [5.74, 6) is -0.216. The van der Waals surface area contributed by atoms with Crippen LogP contribution in [0.1, 0.15) is 23.2 Å². The molecule has 1 atom stereocenters. The van der Waals surface area contributed by atoms with Crippen molar-refractivity contribution in [3.63, 3.8) is 0 Å². The zero-order chi connectivity index (χ0) is 26.7. The van der Waals surface area contributed by atoms with E-state index in [-0.39, 0.29) is 16.9 Å². The molecule has 1 aromatic heterocycles. The highest BCUT2D eigenvalue weighted by molar-refractivity contribution is 7.89. The number of amides is 1. The van der Waals surface area contributed by atoms with Gasteiger partial charge in [-0.05, 0) is 49.2 Å². The van der Waals surface area contributed by atoms with Crippen LogP contribution >= 0.6 is 22.9 Å². The summed E-state index contributed by atoms with van der Waals surface area (Å²) < 4.78 is 33.7. The number of hydrogen-bond donors (Lipinski definition) is 1. The Bertz CT molecular complexity index is 1370. The number of carbonyl (C=O) groups excluding carboxylic acids is 1. The third kappa shape index (κ3) is 6.13. The molecule has 2 aromatic carbocycles. The maximum absolute atomic E-state index is 12.9. The van der Waals surface area contributed by atoms with Gasteiger partial charge < -0.3 is 15.0 Å². The lowest BCUT2D eigenvalue weighted by molar-refractivity contribution is 0.0947. The molecule has 2 fully saturated rings. The molecule has 0 radical (unpaired) electrons. The van der Waals surface area contributed by atoms with Gasteiger partial charge in [-0.3, -0.25) is 9.69 Å². The molecule has 1 N–H and O–H groups in total. The Labute approximate surface area is 232 Å². The molecule has 3 aromatic rings. The molecule has 12 heteroatoms. The fourth-order valence-corrected chi connectivity index (χ4v) is 7.28. The van der Waals surface area contributed by atoms with Gasteiger partial charge in [-0.2, -0.15) is 4.31 Å². The number of fused-ring (bicyclic) bond motifs is 1. The van der Waals surface area contributed by atoms with Crippen molar-refractivity contribution in [1.29, 1.82) is 0 Å². The first kappa shape index (κ1) is 27.3. The number of halogens is 1. The Hall–Kier alpha value is -2.28. The predicted octanol–water partition coefficient (Wildman–Crippen LogP) is 3.30. The molecule has 204 valence electrons. The Morgan fingerprint density at radius 2 is 1.95 bits per heavy atom. The van der Waals surface area contributed by atoms with Gasteiger partial charge in [0.05, 0.1) is 20.7 Å². The van der Waals surface area contributed by atoms with Crippen molar-refractivity contribution < 1.29 is 17.9 Å². The second-order valence-electron chi connectivity index (χ2n) is 9.61. The summed E-state index contributed by atoms with van der Waals surface area (Å²) in [6.07, 6.45) is 1.76. The van der Waals surface area contributed by atoms with Gasteiger partial charge in [-0.15, -0.1) is 0 Å². The second kappa shape index (κ2) is 11.8. The van der Waals surface area contributed by atoms with Crippen LogP contribution in [-0.2, 0) is 14.8 Å². The van der Waals surface area contributed by atoms with E-state index in [1.807, 2.05) is 18.2 Å². The van der Waals surface area contributed by atoms with Gasteiger partial charge in [0.1, 0.15) is 5.52 Å². The molecule has 2 aliphatic rings. The Morgan fingerprint density at radius 1 is 1.18 bits per heavy atom. The first-order valence-corrected chi connectivity index (χ1v) is 15.4. The summed E-state index contributed by atoms with van der Waals surface area (Å²) >= 11 is 7.94. The highest BCUT2D eigenvalue weighted by Crippen LogP contribution is 2.33. The molecule has 0 saturated carbocycles. The number of sulfonamides is 1. The first-order valence-electron chi connectivity index (χ1n) is 12.8. The predicted molar refractivity (Wildman–Crippen MR) is 151 cm³/mol. The molecule has 5 rings (SSSR count). The number of aromatic nitrogens is 1. The van der Waals surface area contributed by atoms with Crippen molar-refractivity contribution in [2.75, 3.05) is 64.4 Å². The molecule has 2 saturated heterocycles. The van der Waals surface area contributed by atoms with Crippen LogP contribution in [-0.4, -0.2) is 94.1 Å². The van der Waals surface area contributed by atoms with E-state index in [9.17, 15) is 13.2 Å². The number of para-hydroxylation sites is 1. The van der Waals surface area contributed by atoms with Gasteiger partial charge in [0.2, 0.25) is 10.0 Å². The van der Waals surface area contributed by atoms with E-state index in [2.05, 4.69) is 15.1 Å². The smallest absolute Gasteiger partial charge is 0.251 e. The summed E-state index contributed by atoms with van der Waals surface area (Å²) in [5, 5.41) is 4.62. The highest BCUT2D eigenvalue weighted by atomic mass is 35.5. The Morgan fingerprint density at radius 3 is 2.63 bits per heavy atom. The summed E-state index contributed by atoms with van der Waals surface area (Å²) in [6.45, 7) is 5.75. The minimum atomic E-state index is -3.63. The van der Waals surface area contributed by atoms with Gasteiger partial charge in [-0.1, -0.05) is 29.0 Å². The molecule has 1 amide bonds. The van der Waals surface area contributed by atoms with Crippen LogP contribution in [0.4, 0.5) is 5.13 Å². The summed E-state index contributed by atoms with van der Waals surface area (Å²) in [5.41, 5.74) is 1.29. The van der Waals surface area contributed by atoms with Crippen molar-refractivity contribution >= 4 is 54.2 Å². The third-order valence-corrected chi connectivity index (χ3v) is 10.2. The zero-order valence-corrected chi connectivity index (χ0v) is 23.7. The summed E-state index contributed by atoms with van der Waals surface area (Å²) in [4.78, 5) is 22.1. The molecule has 0 bridgehead atoms. The number of carbonyl (C=O) groups is 1. The minimum absolute atomic E-state index is 0.0607. The SMILES string of the molecule is CN(CC1CCCO1)S(=O)(=O)c1ccc(C(=O)NCCN2CCN(c3nc4c(Cl)cccc4s3)CC2)cc1. The van der Waals surface area contributed by atoms with Crippen molar-refractivity contribution in [1.82, 2.24) is 19.5 Å². The third-order valence-electron chi connectivity index (χ3n) is 7.02. The fourth-order valence-electron chi connectivity index (χ4n) is 4.76. The van der Waals surface area contributed by atoms with Crippen LogP contribution in [0.25, 0.3) is 10.2 Å². The van der Waals surface area contributed by atoms with Gasteiger partial charge in [0, 0.05) is 65.0 Å².